The molecule has 0 radical (unpaired) electrons. The normalized spacial score (nSPS) is 24.9. The van der Waals surface area contributed by atoms with Gasteiger partial charge in [0.2, 0.25) is 0 Å². The maximum atomic E-state index is 5.68. The third-order valence-electron chi connectivity index (χ3n) is 2.58. The number of nitrogens with two attached hydrogens (primary N) is 1. The zero-order valence-electron chi connectivity index (χ0n) is 8.76. The number of thioether (sulfide) groups is 1. The first kappa shape index (κ1) is 11.0. The van der Waals surface area contributed by atoms with Gasteiger partial charge >= 0.3 is 0 Å². The van der Waals surface area contributed by atoms with Crippen LogP contribution in [0, 0.1) is 0 Å². The Morgan fingerprint density at radius 1 is 1.27 bits per heavy atom. The minimum absolute atomic E-state index is 0.386. The van der Waals surface area contributed by atoms with Crippen molar-refractivity contribution in [3.8, 4) is 0 Å². The highest BCUT2D eigenvalue weighted by Crippen LogP contribution is 2.22. The topological polar surface area (TPSA) is 35.2 Å². The van der Waals surface area contributed by atoms with E-state index >= 15 is 0 Å². The van der Waals surface area contributed by atoms with Crippen LogP contribution < -0.4 is 5.73 Å². The molecular formula is C12H17NOS. The Morgan fingerprint density at radius 3 is 2.67 bits per heavy atom. The van der Waals surface area contributed by atoms with Crippen molar-refractivity contribution in [1.29, 1.82) is 0 Å². The summed E-state index contributed by atoms with van der Waals surface area (Å²) >= 11 is 1.84. The van der Waals surface area contributed by atoms with E-state index in [-0.39, 0.29) is 0 Å². The molecule has 0 aliphatic heterocycles. The van der Waals surface area contributed by atoms with E-state index < -0.39 is 0 Å². The second-order valence-corrected chi connectivity index (χ2v) is 5.05. The van der Waals surface area contributed by atoms with Crippen LogP contribution in [0.5, 0.6) is 0 Å². The van der Waals surface area contributed by atoms with E-state index in [0.717, 1.165) is 25.2 Å². The smallest absolute Gasteiger partial charge is 0.0605 e. The van der Waals surface area contributed by atoms with Gasteiger partial charge in [-0.3, -0.25) is 0 Å². The van der Waals surface area contributed by atoms with E-state index in [9.17, 15) is 0 Å². The van der Waals surface area contributed by atoms with Gasteiger partial charge in [-0.05, 0) is 25.0 Å². The van der Waals surface area contributed by atoms with Gasteiger partial charge in [0.25, 0.3) is 0 Å². The highest BCUT2D eigenvalue weighted by atomic mass is 32.2. The van der Waals surface area contributed by atoms with Crippen molar-refractivity contribution in [2.75, 3.05) is 12.4 Å². The molecule has 2 rings (SSSR count). The molecule has 2 nitrogen and oxygen atoms in total. The maximum Gasteiger partial charge on any atom is 0.0605 e. The van der Waals surface area contributed by atoms with E-state index in [1.54, 1.807) is 0 Å². The lowest BCUT2D eigenvalue weighted by atomic mass is 9.90. The number of hydrogen-bond acceptors (Lipinski definition) is 3. The summed E-state index contributed by atoms with van der Waals surface area (Å²) in [4.78, 5) is 1.31. The van der Waals surface area contributed by atoms with Crippen LogP contribution in [-0.4, -0.2) is 24.5 Å². The predicted molar refractivity (Wildman–Crippen MR) is 64.1 cm³/mol. The molecule has 3 heteroatoms. The minimum atomic E-state index is 0.386. The molecule has 82 valence electrons. The Hall–Kier alpha value is -0.510. The van der Waals surface area contributed by atoms with Gasteiger partial charge in [-0.15, -0.1) is 11.8 Å². The van der Waals surface area contributed by atoms with Gasteiger partial charge in [-0.2, -0.15) is 0 Å². The highest BCUT2D eigenvalue weighted by molar-refractivity contribution is 7.99. The summed E-state index contributed by atoms with van der Waals surface area (Å²) in [5.74, 6) is 1.02. The third-order valence-corrected chi connectivity index (χ3v) is 3.56. The molecule has 1 fully saturated rings. The molecule has 0 saturated heterocycles. The Labute approximate surface area is 95.2 Å². The van der Waals surface area contributed by atoms with Gasteiger partial charge in [0, 0.05) is 16.7 Å². The lowest BCUT2D eigenvalue weighted by molar-refractivity contribution is 0.000179. The average molecular weight is 223 g/mol. The number of ether oxygens (including phenoxy) is 1. The molecule has 0 aromatic heterocycles. The van der Waals surface area contributed by atoms with Crippen LogP contribution >= 0.6 is 11.8 Å². The number of rotatable bonds is 5. The van der Waals surface area contributed by atoms with Crippen LogP contribution in [0.25, 0.3) is 0 Å². The zero-order valence-corrected chi connectivity index (χ0v) is 9.58. The molecule has 1 aromatic rings. The van der Waals surface area contributed by atoms with Crippen LogP contribution in [0.2, 0.25) is 0 Å². The Balaban J connectivity index is 1.56. The van der Waals surface area contributed by atoms with Crippen LogP contribution in [0.15, 0.2) is 35.2 Å². The van der Waals surface area contributed by atoms with Crippen LogP contribution in [0.3, 0.4) is 0 Å². The second kappa shape index (κ2) is 5.54. The van der Waals surface area contributed by atoms with E-state index in [4.69, 9.17) is 10.5 Å². The minimum Gasteiger partial charge on any atom is -0.377 e. The summed E-state index contributed by atoms with van der Waals surface area (Å²) in [6.45, 7) is 0.830. The summed E-state index contributed by atoms with van der Waals surface area (Å²) in [7, 11) is 0. The van der Waals surface area contributed by atoms with Crippen molar-refractivity contribution in [2.24, 2.45) is 5.73 Å². The first-order chi connectivity index (χ1) is 7.34. The maximum absolute atomic E-state index is 5.68. The fourth-order valence-corrected chi connectivity index (χ4v) is 2.40. The van der Waals surface area contributed by atoms with Gasteiger partial charge in [-0.1, -0.05) is 18.2 Å². The Kier molecular flexibility index (Phi) is 4.06. The third kappa shape index (κ3) is 3.52. The lowest BCUT2D eigenvalue weighted by Crippen LogP contribution is -2.41. The fourth-order valence-electron chi connectivity index (χ4n) is 1.63. The van der Waals surface area contributed by atoms with Gasteiger partial charge in [0.1, 0.15) is 0 Å². The monoisotopic (exact) mass is 223 g/mol. The first-order valence-electron chi connectivity index (χ1n) is 5.39. The highest BCUT2D eigenvalue weighted by Gasteiger charge is 2.25. The van der Waals surface area contributed by atoms with Crippen LogP contribution in [0.1, 0.15) is 12.8 Å². The van der Waals surface area contributed by atoms with E-state index in [0.29, 0.717) is 12.1 Å². The average Bonchev–Trinajstić information content (AvgIpc) is 2.23. The summed E-state index contributed by atoms with van der Waals surface area (Å²) in [5, 5.41) is 0. The summed E-state index contributed by atoms with van der Waals surface area (Å²) in [5.41, 5.74) is 5.68. The van der Waals surface area contributed by atoms with E-state index in [2.05, 4.69) is 24.3 Å². The number of hydrogen-bond donors (Lipinski definition) is 1. The molecule has 0 atom stereocenters. The Morgan fingerprint density at radius 2 is 2.00 bits per heavy atom. The molecule has 0 heterocycles. The van der Waals surface area contributed by atoms with Crippen molar-refractivity contribution < 1.29 is 4.74 Å². The number of benzene rings is 1. The molecule has 0 amide bonds. The molecule has 0 spiro atoms. The van der Waals surface area contributed by atoms with Crippen molar-refractivity contribution in [3.05, 3.63) is 30.3 Å². The summed E-state index contributed by atoms with van der Waals surface area (Å²) in [6.07, 6.45) is 2.50. The van der Waals surface area contributed by atoms with E-state index in [1.807, 2.05) is 17.8 Å². The lowest BCUT2D eigenvalue weighted by Gasteiger charge is -2.32. The summed E-state index contributed by atoms with van der Waals surface area (Å²) in [6, 6.07) is 10.8. The fraction of sp³-hybridized carbons (Fsp3) is 0.500. The zero-order chi connectivity index (χ0) is 10.5. The molecule has 1 aliphatic carbocycles. The van der Waals surface area contributed by atoms with Gasteiger partial charge in [-0.25, -0.2) is 0 Å². The molecule has 15 heavy (non-hydrogen) atoms. The molecule has 0 unspecified atom stereocenters. The van der Waals surface area contributed by atoms with Crippen molar-refractivity contribution in [2.45, 2.75) is 29.9 Å². The van der Waals surface area contributed by atoms with Crippen LogP contribution in [0.4, 0.5) is 0 Å². The van der Waals surface area contributed by atoms with Gasteiger partial charge in [0.05, 0.1) is 12.7 Å². The summed E-state index contributed by atoms with van der Waals surface area (Å²) < 4.78 is 5.67. The molecule has 1 aromatic carbocycles. The quantitative estimate of drug-likeness (QED) is 0.614. The van der Waals surface area contributed by atoms with E-state index in [1.165, 1.54) is 4.90 Å². The van der Waals surface area contributed by atoms with Crippen LogP contribution in [-0.2, 0) is 4.74 Å². The Bertz CT molecular complexity index is 285. The molecule has 1 aliphatic rings. The predicted octanol–water partition coefficient (Wildman–Crippen LogP) is 2.29. The molecule has 0 bridgehead atoms. The largest absolute Gasteiger partial charge is 0.377 e. The molecular weight excluding hydrogens is 206 g/mol. The standard InChI is InChI=1S/C12H17NOS/c13-10-8-11(9-10)14-6-7-15-12-4-2-1-3-5-12/h1-5,10-11H,6-9,13H2. The molecule has 2 N–H and O–H groups in total. The van der Waals surface area contributed by atoms with Crippen molar-refractivity contribution in [3.63, 3.8) is 0 Å². The van der Waals surface area contributed by atoms with Crippen molar-refractivity contribution in [1.82, 2.24) is 0 Å². The molecule has 1 saturated carbocycles. The second-order valence-electron chi connectivity index (χ2n) is 3.89. The van der Waals surface area contributed by atoms with Crippen molar-refractivity contribution >= 4 is 11.8 Å². The van der Waals surface area contributed by atoms with Gasteiger partial charge < -0.3 is 10.5 Å². The SMILES string of the molecule is NC1CC(OCCSc2ccccc2)C1. The first-order valence-corrected chi connectivity index (χ1v) is 6.38. The van der Waals surface area contributed by atoms with Gasteiger partial charge in [0.15, 0.2) is 0 Å².